The predicted molar refractivity (Wildman–Crippen MR) is 75.1 cm³/mol. The van der Waals surface area contributed by atoms with Crippen molar-refractivity contribution < 1.29 is 4.39 Å². The topological polar surface area (TPSA) is 38.7 Å². The van der Waals surface area contributed by atoms with E-state index in [1.165, 1.54) is 17.4 Å². The number of fused-ring (bicyclic) bond motifs is 1. The monoisotopic (exact) mass is 293 g/mol. The van der Waals surface area contributed by atoms with Crippen molar-refractivity contribution >= 4 is 33.8 Å². The molecule has 0 atom stereocenters. The summed E-state index contributed by atoms with van der Waals surface area (Å²) in [6.45, 7) is 3.58. The third-order valence-electron chi connectivity index (χ3n) is 2.86. The van der Waals surface area contributed by atoms with Crippen LogP contribution in [0.5, 0.6) is 0 Å². The molecule has 0 fully saturated rings. The van der Waals surface area contributed by atoms with Crippen LogP contribution in [-0.2, 0) is 0 Å². The Kier molecular flexibility index (Phi) is 2.95. The van der Waals surface area contributed by atoms with Gasteiger partial charge in [-0.25, -0.2) is 19.3 Å². The second-order valence-corrected chi connectivity index (χ2v) is 5.58. The molecule has 3 aromatic rings. The Bertz CT molecular complexity index is 785. The largest absolute Gasteiger partial charge is 0.238 e. The van der Waals surface area contributed by atoms with Gasteiger partial charge in [0.2, 0.25) is 0 Å². The average Bonchev–Trinajstić information content (AvgIpc) is 2.81. The lowest BCUT2D eigenvalue weighted by Gasteiger charge is -2.06. The van der Waals surface area contributed by atoms with Gasteiger partial charge in [-0.15, -0.1) is 11.3 Å². The first-order valence-electron chi connectivity index (χ1n) is 5.61. The minimum atomic E-state index is -0.303. The fraction of sp³-hybridized carbons (Fsp3) is 0.154. The first-order valence-corrected chi connectivity index (χ1v) is 6.87. The van der Waals surface area contributed by atoms with Gasteiger partial charge in [0.1, 0.15) is 16.7 Å². The maximum absolute atomic E-state index is 13.6. The van der Waals surface area contributed by atoms with Gasteiger partial charge in [-0.3, -0.25) is 0 Å². The highest BCUT2D eigenvalue weighted by molar-refractivity contribution is 7.09. The molecule has 3 nitrogen and oxygen atoms in total. The van der Waals surface area contributed by atoms with E-state index in [0.717, 1.165) is 5.01 Å². The van der Waals surface area contributed by atoms with E-state index in [1.807, 2.05) is 12.3 Å². The third-order valence-corrected chi connectivity index (χ3v) is 3.92. The lowest BCUT2D eigenvalue weighted by molar-refractivity contribution is 0.620. The summed E-state index contributed by atoms with van der Waals surface area (Å²) in [6.07, 6.45) is 0. The van der Waals surface area contributed by atoms with Crippen molar-refractivity contribution in [2.45, 2.75) is 13.8 Å². The normalized spacial score (nSPS) is 11.2. The molecule has 96 valence electrons. The number of aromatic nitrogens is 3. The van der Waals surface area contributed by atoms with Gasteiger partial charge in [-0.1, -0.05) is 11.6 Å². The van der Waals surface area contributed by atoms with Gasteiger partial charge >= 0.3 is 0 Å². The van der Waals surface area contributed by atoms with Gasteiger partial charge in [0.05, 0.1) is 10.5 Å². The second kappa shape index (κ2) is 4.51. The van der Waals surface area contributed by atoms with Crippen LogP contribution in [0.3, 0.4) is 0 Å². The van der Waals surface area contributed by atoms with E-state index in [-0.39, 0.29) is 5.82 Å². The zero-order valence-electron chi connectivity index (χ0n) is 10.2. The van der Waals surface area contributed by atoms with Crippen LogP contribution in [0, 0.1) is 19.7 Å². The molecule has 2 aromatic heterocycles. The minimum Gasteiger partial charge on any atom is -0.238 e. The van der Waals surface area contributed by atoms with Crippen LogP contribution in [0.2, 0.25) is 5.15 Å². The van der Waals surface area contributed by atoms with Crippen molar-refractivity contribution in [3.63, 3.8) is 0 Å². The van der Waals surface area contributed by atoms with Crippen molar-refractivity contribution in [1.82, 2.24) is 15.0 Å². The number of thiazole rings is 1. The van der Waals surface area contributed by atoms with Crippen LogP contribution in [0.4, 0.5) is 4.39 Å². The minimum absolute atomic E-state index is 0.303. The molecule has 0 spiro atoms. The zero-order valence-corrected chi connectivity index (χ0v) is 11.8. The Morgan fingerprint density at radius 3 is 2.63 bits per heavy atom. The average molecular weight is 294 g/mol. The van der Waals surface area contributed by atoms with Crippen molar-refractivity contribution in [3.8, 4) is 11.5 Å². The van der Waals surface area contributed by atoms with E-state index in [2.05, 4.69) is 15.0 Å². The molecule has 0 radical (unpaired) electrons. The van der Waals surface area contributed by atoms with Gasteiger partial charge in [0.25, 0.3) is 0 Å². The van der Waals surface area contributed by atoms with Gasteiger partial charge < -0.3 is 0 Å². The summed E-state index contributed by atoms with van der Waals surface area (Å²) in [5.41, 5.74) is 1.66. The smallest absolute Gasteiger partial charge is 0.181 e. The maximum atomic E-state index is 13.6. The fourth-order valence-corrected chi connectivity index (χ4v) is 2.67. The number of nitrogens with zero attached hydrogens (tertiary/aromatic N) is 3. The highest BCUT2D eigenvalue weighted by Gasteiger charge is 2.13. The number of benzene rings is 1. The number of aryl methyl sites for hydroxylation is 2. The molecular weight excluding hydrogens is 285 g/mol. The number of halogens is 2. The highest BCUT2D eigenvalue weighted by Crippen LogP contribution is 2.28. The molecule has 0 saturated heterocycles. The quantitative estimate of drug-likeness (QED) is 0.632. The zero-order chi connectivity index (χ0) is 13.6. The van der Waals surface area contributed by atoms with E-state index >= 15 is 0 Å². The first kappa shape index (κ1) is 12.4. The van der Waals surface area contributed by atoms with Crippen molar-refractivity contribution in [1.29, 1.82) is 0 Å². The van der Waals surface area contributed by atoms with Gasteiger partial charge in [-0.2, -0.15) is 0 Å². The SMILES string of the molecule is Cc1nc(-c2nc(Cl)c3ccc(F)c(C)c3n2)cs1. The molecule has 6 heteroatoms. The summed E-state index contributed by atoms with van der Waals surface area (Å²) in [6, 6.07) is 2.97. The summed E-state index contributed by atoms with van der Waals surface area (Å²) >= 11 is 7.65. The molecule has 0 saturated carbocycles. The van der Waals surface area contributed by atoms with Crippen molar-refractivity contribution in [3.05, 3.63) is 39.1 Å². The van der Waals surface area contributed by atoms with Gasteiger partial charge in [0, 0.05) is 16.3 Å². The Hall–Kier alpha value is -1.59. The van der Waals surface area contributed by atoms with E-state index in [4.69, 9.17) is 11.6 Å². The molecule has 0 N–H and O–H groups in total. The van der Waals surface area contributed by atoms with Crippen LogP contribution < -0.4 is 0 Å². The Morgan fingerprint density at radius 2 is 1.95 bits per heavy atom. The van der Waals surface area contributed by atoms with E-state index < -0.39 is 0 Å². The van der Waals surface area contributed by atoms with Gasteiger partial charge in [0.15, 0.2) is 5.82 Å². The number of hydrogen-bond acceptors (Lipinski definition) is 4. The molecule has 0 aliphatic carbocycles. The molecular formula is C13H9ClFN3S. The van der Waals surface area contributed by atoms with Crippen molar-refractivity contribution in [2.24, 2.45) is 0 Å². The third kappa shape index (κ3) is 2.09. The summed E-state index contributed by atoms with van der Waals surface area (Å²) in [5.74, 6) is 0.123. The number of rotatable bonds is 1. The molecule has 0 aliphatic heterocycles. The second-order valence-electron chi connectivity index (χ2n) is 4.16. The van der Waals surface area contributed by atoms with E-state index in [9.17, 15) is 4.39 Å². The molecule has 19 heavy (non-hydrogen) atoms. The summed E-state index contributed by atoms with van der Waals surface area (Å²) in [5, 5.41) is 3.75. The number of hydrogen-bond donors (Lipinski definition) is 0. The van der Waals surface area contributed by atoms with Crippen LogP contribution in [-0.4, -0.2) is 15.0 Å². The lowest BCUT2D eigenvalue weighted by atomic mass is 10.1. The molecule has 0 aliphatic rings. The molecule has 0 bridgehead atoms. The van der Waals surface area contributed by atoms with Crippen LogP contribution in [0.25, 0.3) is 22.4 Å². The maximum Gasteiger partial charge on any atom is 0.181 e. The molecule has 0 amide bonds. The van der Waals surface area contributed by atoms with Gasteiger partial charge in [-0.05, 0) is 26.0 Å². The Balaban J connectivity index is 2.31. The Morgan fingerprint density at radius 1 is 1.16 bits per heavy atom. The van der Waals surface area contributed by atoms with Crippen LogP contribution in [0.15, 0.2) is 17.5 Å². The summed E-state index contributed by atoms with van der Waals surface area (Å²) < 4.78 is 13.6. The van der Waals surface area contributed by atoms with Crippen LogP contribution in [0.1, 0.15) is 10.6 Å². The summed E-state index contributed by atoms with van der Waals surface area (Å²) in [7, 11) is 0. The highest BCUT2D eigenvalue weighted by atomic mass is 35.5. The summed E-state index contributed by atoms with van der Waals surface area (Å²) in [4.78, 5) is 12.9. The van der Waals surface area contributed by atoms with Crippen molar-refractivity contribution in [2.75, 3.05) is 0 Å². The molecule has 1 aromatic carbocycles. The van der Waals surface area contributed by atoms with Crippen LogP contribution >= 0.6 is 22.9 Å². The molecule has 0 unspecified atom stereocenters. The van der Waals surface area contributed by atoms with E-state index in [0.29, 0.717) is 33.1 Å². The molecule has 2 heterocycles. The predicted octanol–water partition coefficient (Wildman–Crippen LogP) is 4.16. The molecule has 3 rings (SSSR count). The van der Waals surface area contributed by atoms with E-state index in [1.54, 1.807) is 13.0 Å². The standard InChI is InChI=1S/C13H9ClFN3S/c1-6-9(15)4-3-8-11(6)17-13(18-12(8)14)10-5-19-7(2)16-10/h3-5H,1-2H3. The fourth-order valence-electron chi connectivity index (χ4n) is 1.85. The lowest BCUT2D eigenvalue weighted by Crippen LogP contribution is -1.95. The Labute approximate surface area is 118 Å². The first-order chi connectivity index (χ1) is 9.06.